The Morgan fingerprint density at radius 3 is 2.95 bits per heavy atom. The molecule has 20 heavy (non-hydrogen) atoms. The molecule has 0 fully saturated rings. The Morgan fingerprint density at radius 1 is 1.30 bits per heavy atom. The molecule has 0 saturated carbocycles. The van der Waals surface area contributed by atoms with E-state index in [1.807, 2.05) is 30.5 Å². The van der Waals surface area contributed by atoms with Crippen LogP contribution in [0.15, 0.2) is 47.1 Å². The molecule has 0 spiro atoms. The van der Waals surface area contributed by atoms with Gasteiger partial charge in [0.05, 0.1) is 11.6 Å². The highest BCUT2D eigenvalue weighted by molar-refractivity contribution is 9.10. The average Bonchev–Trinajstić information content (AvgIpc) is 2.80. The lowest BCUT2D eigenvalue weighted by Crippen LogP contribution is -1.94. The van der Waals surface area contributed by atoms with E-state index >= 15 is 0 Å². The number of hydrogen-bond donors (Lipinski definition) is 1. The molecule has 0 aliphatic heterocycles. The molecule has 0 unspecified atom stereocenters. The van der Waals surface area contributed by atoms with Crippen LogP contribution in [0.25, 0.3) is 5.65 Å². The first-order chi connectivity index (χ1) is 9.69. The average molecular weight is 354 g/mol. The number of ether oxygens (including phenoxy) is 1. The molecule has 0 aliphatic rings. The van der Waals surface area contributed by atoms with Gasteiger partial charge in [-0.15, -0.1) is 0 Å². The van der Waals surface area contributed by atoms with Crippen molar-refractivity contribution in [3.63, 3.8) is 0 Å². The highest BCUT2D eigenvalue weighted by atomic mass is 79.9. The molecule has 4 nitrogen and oxygen atoms in total. The van der Waals surface area contributed by atoms with E-state index in [1.165, 1.54) is 0 Å². The number of aliphatic hydroxyl groups excluding tert-OH is 1. The summed E-state index contributed by atoms with van der Waals surface area (Å²) in [6.07, 6.45) is 1.82. The number of hydrogen-bond acceptors (Lipinski definition) is 3. The van der Waals surface area contributed by atoms with E-state index in [0.29, 0.717) is 28.0 Å². The van der Waals surface area contributed by atoms with E-state index in [9.17, 15) is 5.11 Å². The molecular weight excluding hydrogens is 344 g/mol. The van der Waals surface area contributed by atoms with Crippen LogP contribution in [0, 0.1) is 0 Å². The summed E-state index contributed by atoms with van der Waals surface area (Å²) in [6.45, 7) is -0.174. The van der Waals surface area contributed by atoms with Gasteiger partial charge in [0.25, 0.3) is 0 Å². The Bertz CT molecular complexity index is 773. The largest absolute Gasteiger partial charge is 0.436 e. The smallest absolute Gasteiger partial charge is 0.243 e. The van der Waals surface area contributed by atoms with Crippen molar-refractivity contribution in [1.82, 2.24) is 9.38 Å². The molecule has 2 heterocycles. The first kappa shape index (κ1) is 13.4. The molecule has 0 radical (unpaired) electrons. The van der Waals surface area contributed by atoms with Crippen LogP contribution in [0.4, 0.5) is 0 Å². The van der Waals surface area contributed by atoms with Crippen molar-refractivity contribution in [2.75, 3.05) is 0 Å². The van der Waals surface area contributed by atoms with Crippen molar-refractivity contribution in [3.8, 4) is 11.6 Å². The van der Waals surface area contributed by atoms with E-state index < -0.39 is 0 Å². The number of aromatic nitrogens is 2. The number of fused-ring (bicyclic) bond motifs is 1. The van der Waals surface area contributed by atoms with Crippen molar-refractivity contribution in [3.05, 3.63) is 57.8 Å². The first-order valence-corrected chi connectivity index (χ1v) is 7.06. The number of rotatable bonds is 3. The Morgan fingerprint density at radius 2 is 2.15 bits per heavy atom. The topological polar surface area (TPSA) is 46.8 Å². The molecule has 3 rings (SSSR count). The lowest BCUT2D eigenvalue weighted by molar-refractivity contribution is 0.269. The molecule has 0 saturated heterocycles. The lowest BCUT2D eigenvalue weighted by atomic mass is 10.3. The standard InChI is InChI=1S/C14H10BrClN2O2/c15-9-4-5-10(16)12(7-9)20-14-11(8-19)18-6-2-1-3-13(18)17-14/h1-7,19H,8H2. The molecule has 102 valence electrons. The van der Waals surface area contributed by atoms with Crippen LogP contribution in [0.5, 0.6) is 11.6 Å². The predicted octanol–water partition coefficient (Wildman–Crippen LogP) is 4.03. The zero-order valence-corrected chi connectivity index (χ0v) is 12.6. The van der Waals surface area contributed by atoms with Crippen molar-refractivity contribution in [2.45, 2.75) is 6.61 Å². The Labute approximate surface area is 128 Å². The lowest BCUT2D eigenvalue weighted by Gasteiger charge is -2.07. The summed E-state index contributed by atoms with van der Waals surface area (Å²) in [5.74, 6) is 0.831. The van der Waals surface area contributed by atoms with Gasteiger partial charge >= 0.3 is 0 Å². The number of pyridine rings is 1. The third-order valence-electron chi connectivity index (χ3n) is 2.84. The van der Waals surface area contributed by atoms with Gasteiger partial charge in [-0.3, -0.25) is 4.40 Å². The van der Waals surface area contributed by atoms with Crippen LogP contribution in [0.1, 0.15) is 5.69 Å². The second kappa shape index (κ2) is 5.44. The highest BCUT2D eigenvalue weighted by Crippen LogP contribution is 2.33. The summed E-state index contributed by atoms with van der Waals surface area (Å²) in [5.41, 5.74) is 1.29. The van der Waals surface area contributed by atoms with Crippen LogP contribution >= 0.6 is 27.5 Å². The van der Waals surface area contributed by atoms with Gasteiger partial charge in [0, 0.05) is 10.7 Å². The van der Waals surface area contributed by atoms with Gasteiger partial charge in [-0.1, -0.05) is 33.6 Å². The number of imidazole rings is 1. The number of halogens is 2. The fourth-order valence-electron chi connectivity index (χ4n) is 1.91. The molecule has 0 bridgehead atoms. The van der Waals surface area contributed by atoms with Gasteiger partial charge in [-0.25, -0.2) is 0 Å². The van der Waals surface area contributed by atoms with Crippen molar-refractivity contribution < 1.29 is 9.84 Å². The summed E-state index contributed by atoms with van der Waals surface area (Å²) >= 11 is 9.46. The summed E-state index contributed by atoms with van der Waals surface area (Å²) in [7, 11) is 0. The van der Waals surface area contributed by atoms with E-state index in [1.54, 1.807) is 16.5 Å². The molecule has 1 aromatic carbocycles. The summed E-state index contributed by atoms with van der Waals surface area (Å²) in [4.78, 5) is 4.36. The van der Waals surface area contributed by atoms with Crippen molar-refractivity contribution >= 4 is 33.2 Å². The van der Waals surface area contributed by atoms with E-state index in [2.05, 4.69) is 20.9 Å². The maximum atomic E-state index is 9.52. The third kappa shape index (κ3) is 2.40. The second-order valence-electron chi connectivity index (χ2n) is 4.13. The van der Waals surface area contributed by atoms with Crippen LogP contribution in [-0.4, -0.2) is 14.5 Å². The summed E-state index contributed by atoms with van der Waals surface area (Å²) < 4.78 is 8.38. The maximum Gasteiger partial charge on any atom is 0.243 e. The molecule has 3 aromatic rings. The Kier molecular flexibility index (Phi) is 3.65. The van der Waals surface area contributed by atoms with Gasteiger partial charge < -0.3 is 9.84 Å². The van der Waals surface area contributed by atoms with Gasteiger partial charge in [-0.2, -0.15) is 4.98 Å². The molecule has 6 heteroatoms. The molecule has 0 amide bonds. The van der Waals surface area contributed by atoms with Crippen LogP contribution in [-0.2, 0) is 6.61 Å². The predicted molar refractivity (Wildman–Crippen MR) is 80.3 cm³/mol. The molecular formula is C14H10BrClN2O2. The van der Waals surface area contributed by atoms with Crippen molar-refractivity contribution in [1.29, 1.82) is 0 Å². The number of aliphatic hydroxyl groups is 1. The zero-order chi connectivity index (χ0) is 14.1. The summed E-state index contributed by atoms with van der Waals surface area (Å²) in [5, 5.41) is 10.0. The maximum absolute atomic E-state index is 9.52. The van der Waals surface area contributed by atoms with E-state index in [4.69, 9.17) is 16.3 Å². The minimum Gasteiger partial charge on any atom is -0.436 e. The Hall–Kier alpha value is -1.56. The zero-order valence-electron chi connectivity index (χ0n) is 10.3. The minimum absolute atomic E-state index is 0.174. The molecule has 0 atom stereocenters. The van der Waals surface area contributed by atoms with E-state index in [-0.39, 0.29) is 6.61 Å². The minimum atomic E-state index is -0.174. The molecule has 0 aliphatic carbocycles. The van der Waals surface area contributed by atoms with Crippen LogP contribution in [0.2, 0.25) is 5.02 Å². The second-order valence-corrected chi connectivity index (χ2v) is 5.45. The molecule has 2 aromatic heterocycles. The van der Waals surface area contributed by atoms with Gasteiger partial charge in [-0.05, 0) is 30.3 Å². The van der Waals surface area contributed by atoms with Crippen molar-refractivity contribution in [2.24, 2.45) is 0 Å². The Balaban J connectivity index is 2.08. The van der Waals surface area contributed by atoms with Crippen LogP contribution < -0.4 is 4.74 Å². The monoisotopic (exact) mass is 352 g/mol. The third-order valence-corrected chi connectivity index (χ3v) is 3.65. The highest BCUT2D eigenvalue weighted by Gasteiger charge is 2.14. The first-order valence-electron chi connectivity index (χ1n) is 5.89. The normalized spacial score (nSPS) is 10.9. The van der Waals surface area contributed by atoms with Gasteiger partial charge in [0.1, 0.15) is 17.1 Å². The fraction of sp³-hybridized carbons (Fsp3) is 0.0714. The molecule has 1 N–H and O–H groups in total. The fourth-order valence-corrected chi connectivity index (χ4v) is 2.41. The van der Waals surface area contributed by atoms with E-state index in [0.717, 1.165) is 4.47 Å². The van der Waals surface area contributed by atoms with Gasteiger partial charge in [0.15, 0.2) is 0 Å². The summed E-state index contributed by atoms with van der Waals surface area (Å²) in [6, 6.07) is 10.9. The quantitative estimate of drug-likeness (QED) is 0.773. The number of benzene rings is 1. The SMILES string of the molecule is OCc1c(Oc2cc(Br)ccc2Cl)nc2ccccn12. The number of nitrogens with zero attached hydrogens (tertiary/aromatic N) is 2. The van der Waals surface area contributed by atoms with Crippen LogP contribution in [0.3, 0.4) is 0 Å². The van der Waals surface area contributed by atoms with Gasteiger partial charge in [0.2, 0.25) is 5.88 Å².